The van der Waals surface area contributed by atoms with Gasteiger partial charge in [0.2, 0.25) is 0 Å². The fourth-order valence-electron chi connectivity index (χ4n) is 6.03. The third kappa shape index (κ3) is 5.70. The summed E-state index contributed by atoms with van der Waals surface area (Å²) in [6, 6.07) is 29.5. The minimum atomic E-state index is -0.274. The first-order chi connectivity index (χ1) is 22.0. The van der Waals surface area contributed by atoms with E-state index in [9.17, 15) is 4.79 Å². The van der Waals surface area contributed by atoms with E-state index in [-0.39, 0.29) is 11.6 Å². The molecule has 0 bridgehead atoms. The van der Waals surface area contributed by atoms with Gasteiger partial charge in [0.15, 0.2) is 16.3 Å². The molecule has 1 aromatic heterocycles. The molecule has 0 N–H and O–H groups in total. The minimum Gasteiger partial charge on any atom is -0.497 e. The normalized spacial score (nSPS) is 15.5. The number of hydrogen-bond donors (Lipinski definition) is 0. The molecule has 2 heterocycles. The van der Waals surface area contributed by atoms with Crippen LogP contribution in [0.2, 0.25) is 5.02 Å². The van der Waals surface area contributed by atoms with E-state index in [1.807, 2.05) is 78.2 Å². The predicted molar refractivity (Wildman–Crippen MR) is 179 cm³/mol. The maximum atomic E-state index is 14.2. The number of fused-ring (bicyclic) bond motifs is 3. The SMILES string of the molecule is CCOc1cc(/C=c2/sc3n(c2=O)[C@H](c2cccc(OC)c2)C2=C(N=3)c3ccccc3CC2)ccc1OCc1ccc(Cl)cc1. The van der Waals surface area contributed by atoms with Gasteiger partial charge < -0.3 is 14.2 Å². The Morgan fingerprint density at radius 2 is 1.80 bits per heavy atom. The van der Waals surface area contributed by atoms with E-state index in [4.69, 9.17) is 30.8 Å². The van der Waals surface area contributed by atoms with E-state index < -0.39 is 0 Å². The van der Waals surface area contributed by atoms with E-state index in [0.717, 1.165) is 52.1 Å². The Kier molecular flexibility index (Phi) is 8.04. The fourth-order valence-corrected chi connectivity index (χ4v) is 7.16. The number of nitrogens with zero attached hydrogens (tertiary/aromatic N) is 2. The molecule has 1 aliphatic heterocycles. The highest BCUT2D eigenvalue weighted by Gasteiger charge is 2.32. The van der Waals surface area contributed by atoms with E-state index in [1.54, 1.807) is 7.11 Å². The van der Waals surface area contributed by atoms with Crippen molar-refractivity contribution < 1.29 is 14.2 Å². The van der Waals surface area contributed by atoms with Crippen molar-refractivity contribution in [2.24, 2.45) is 4.99 Å². The molecule has 8 heteroatoms. The molecule has 0 fully saturated rings. The molecular weight excluding hydrogens is 604 g/mol. The zero-order valence-electron chi connectivity index (χ0n) is 25.0. The molecule has 226 valence electrons. The summed E-state index contributed by atoms with van der Waals surface area (Å²) in [5, 5.41) is 0.684. The van der Waals surface area contributed by atoms with Crippen molar-refractivity contribution in [1.82, 2.24) is 4.57 Å². The first-order valence-corrected chi connectivity index (χ1v) is 16.1. The number of thiazole rings is 1. The minimum absolute atomic E-state index is 0.0713. The lowest BCUT2D eigenvalue weighted by Gasteiger charge is -2.31. The second kappa shape index (κ2) is 12.4. The molecule has 2 aliphatic rings. The molecule has 5 aromatic rings. The van der Waals surface area contributed by atoms with Crippen molar-refractivity contribution in [3.63, 3.8) is 0 Å². The van der Waals surface area contributed by atoms with Crippen LogP contribution in [0.25, 0.3) is 11.8 Å². The number of ether oxygens (including phenoxy) is 3. The molecule has 1 atom stereocenters. The van der Waals surface area contributed by atoms with E-state index in [2.05, 4.69) is 30.3 Å². The standard InChI is InChI=1S/C37H31ClN2O4S/c1-3-43-32-19-24(13-18-31(32)44-22-23-11-15-27(38)16-12-23)20-33-36(41)40-35(26-8-6-9-28(21-26)42-2)30-17-14-25-7-4-5-10-29(25)34(30)39-37(40)45-33/h4-13,15-16,18-21,35H,3,14,17,22H2,1-2H3/b33-20+/t35-/m1/s1. The first kappa shape index (κ1) is 29.1. The summed E-state index contributed by atoms with van der Waals surface area (Å²) < 4.78 is 20.1. The zero-order valence-corrected chi connectivity index (χ0v) is 26.5. The largest absolute Gasteiger partial charge is 0.497 e. The molecule has 0 spiro atoms. The van der Waals surface area contributed by atoms with Gasteiger partial charge in [-0.05, 0) is 90.1 Å². The van der Waals surface area contributed by atoms with Crippen LogP contribution >= 0.6 is 22.9 Å². The summed E-state index contributed by atoms with van der Waals surface area (Å²) in [6.45, 7) is 2.80. The van der Waals surface area contributed by atoms with Crippen molar-refractivity contribution in [1.29, 1.82) is 0 Å². The maximum Gasteiger partial charge on any atom is 0.271 e. The summed E-state index contributed by atoms with van der Waals surface area (Å²) in [6.07, 6.45) is 3.65. The van der Waals surface area contributed by atoms with Gasteiger partial charge in [-0.15, -0.1) is 0 Å². The molecule has 0 amide bonds. The fraction of sp³-hybridized carbons (Fsp3) is 0.189. The second-order valence-electron chi connectivity index (χ2n) is 10.9. The summed E-state index contributed by atoms with van der Waals surface area (Å²) in [4.78, 5) is 20.0. The lowest BCUT2D eigenvalue weighted by Crippen LogP contribution is -2.38. The van der Waals surface area contributed by atoms with Gasteiger partial charge in [0.25, 0.3) is 5.56 Å². The average molecular weight is 635 g/mol. The third-order valence-corrected chi connectivity index (χ3v) is 9.39. The third-order valence-electron chi connectivity index (χ3n) is 8.16. The summed E-state index contributed by atoms with van der Waals surface area (Å²) >= 11 is 7.43. The van der Waals surface area contributed by atoms with Crippen LogP contribution in [0.15, 0.2) is 106 Å². The highest BCUT2D eigenvalue weighted by Crippen LogP contribution is 2.41. The maximum absolute atomic E-state index is 14.2. The van der Waals surface area contributed by atoms with Gasteiger partial charge in [-0.2, -0.15) is 0 Å². The number of aromatic nitrogens is 1. The number of halogens is 1. The number of rotatable bonds is 8. The second-order valence-corrected chi connectivity index (χ2v) is 12.4. The van der Waals surface area contributed by atoms with Gasteiger partial charge in [-0.1, -0.05) is 77.5 Å². The molecule has 6 nitrogen and oxygen atoms in total. The van der Waals surface area contributed by atoms with Crippen LogP contribution in [0.4, 0.5) is 0 Å². The quantitative estimate of drug-likeness (QED) is 0.185. The Balaban J connectivity index is 1.31. The van der Waals surface area contributed by atoms with Crippen molar-refractivity contribution in [3.05, 3.63) is 149 Å². The summed E-state index contributed by atoms with van der Waals surface area (Å²) in [7, 11) is 1.66. The van der Waals surface area contributed by atoms with Crippen molar-refractivity contribution in [3.8, 4) is 17.2 Å². The average Bonchev–Trinajstić information content (AvgIpc) is 3.38. The number of aryl methyl sites for hydroxylation is 1. The molecule has 1 aliphatic carbocycles. The van der Waals surface area contributed by atoms with E-state index >= 15 is 0 Å². The molecule has 45 heavy (non-hydrogen) atoms. The van der Waals surface area contributed by atoms with Gasteiger partial charge in [0.05, 0.1) is 30.0 Å². The van der Waals surface area contributed by atoms with Crippen LogP contribution in [-0.2, 0) is 13.0 Å². The number of benzene rings is 4. The first-order valence-electron chi connectivity index (χ1n) is 14.9. The smallest absolute Gasteiger partial charge is 0.271 e. The van der Waals surface area contributed by atoms with Gasteiger partial charge in [-0.3, -0.25) is 9.36 Å². The Labute approximate surface area is 270 Å². The zero-order chi connectivity index (χ0) is 30.9. The summed E-state index contributed by atoms with van der Waals surface area (Å²) in [5.74, 6) is 2.01. The number of hydrogen-bond acceptors (Lipinski definition) is 6. The molecular formula is C37H31ClN2O4S. The highest BCUT2D eigenvalue weighted by atomic mass is 35.5. The topological polar surface area (TPSA) is 62.0 Å². The lowest BCUT2D eigenvalue weighted by atomic mass is 9.83. The van der Waals surface area contributed by atoms with Crippen LogP contribution in [-0.4, -0.2) is 18.3 Å². The lowest BCUT2D eigenvalue weighted by molar-refractivity contribution is 0.269. The Morgan fingerprint density at radius 1 is 0.956 bits per heavy atom. The van der Waals surface area contributed by atoms with Gasteiger partial charge in [-0.25, -0.2) is 4.99 Å². The van der Waals surface area contributed by atoms with E-state index in [1.165, 1.54) is 16.9 Å². The number of allylic oxidation sites excluding steroid dienone is 1. The van der Waals surface area contributed by atoms with Gasteiger partial charge in [0, 0.05) is 10.6 Å². The van der Waals surface area contributed by atoms with Crippen LogP contribution in [0.1, 0.15) is 47.2 Å². The van der Waals surface area contributed by atoms with Crippen LogP contribution in [0.3, 0.4) is 0 Å². The Hall–Kier alpha value is -4.59. The Bertz CT molecular complexity index is 2110. The number of methoxy groups -OCH3 is 1. The van der Waals surface area contributed by atoms with Crippen molar-refractivity contribution >= 4 is 34.7 Å². The van der Waals surface area contributed by atoms with Crippen molar-refractivity contribution in [2.75, 3.05) is 13.7 Å². The van der Waals surface area contributed by atoms with Crippen LogP contribution in [0.5, 0.6) is 17.2 Å². The van der Waals surface area contributed by atoms with Crippen molar-refractivity contribution in [2.45, 2.75) is 32.4 Å². The monoisotopic (exact) mass is 634 g/mol. The summed E-state index contributed by atoms with van der Waals surface area (Å²) in [5.41, 5.74) is 7.32. The van der Waals surface area contributed by atoms with Gasteiger partial charge in [0.1, 0.15) is 12.4 Å². The molecule has 4 aromatic carbocycles. The van der Waals surface area contributed by atoms with E-state index in [0.29, 0.717) is 39.1 Å². The highest BCUT2D eigenvalue weighted by molar-refractivity contribution is 7.07. The van der Waals surface area contributed by atoms with Crippen LogP contribution < -0.4 is 29.1 Å². The molecule has 0 unspecified atom stereocenters. The Morgan fingerprint density at radius 3 is 2.62 bits per heavy atom. The van der Waals surface area contributed by atoms with Crippen LogP contribution in [0, 0.1) is 0 Å². The molecule has 0 saturated carbocycles. The predicted octanol–water partition coefficient (Wildman–Crippen LogP) is 6.96. The molecule has 0 radical (unpaired) electrons. The molecule has 7 rings (SSSR count). The van der Waals surface area contributed by atoms with Gasteiger partial charge >= 0.3 is 0 Å². The molecule has 0 saturated heterocycles.